The van der Waals surface area contributed by atoms with Crippen LogP contribution < -0.4 is 0 Å². The first kappa shape index (κ1) is 24.0. The molecule has 0 aliphatic carbocycles. The highest BCUT2D eigenvalue weighted by molar-refractivity contribution is 4.60. The van der Waals surface area contributed by atoms with Crippen molar-refractivity contribution in [1.82, 2.24) is 0 Å². The van der Waals surface area contributed by atoms with E-state index in [0.717, 1.165) is 13.2 Å². The molecule has 0 aliphatic rings. The van der Waals surface area contributed by atoms with Crippen LogP contribution in [0.15, 0.2) is 0 Å². The van der Waals surface area contributed by atoms with E-state index in [1.54, 1.807) is 0 Å². The van der Waals surface area contributed by atoms with Gasteiger partial charge < -0.3 is 4.74 Å². The van der Waals surface area contributed by atoms with Gasteiger partial charge in [0.15, 0.2) is 0 Å². The van der Waals surface area contributed by atoms with Crippen molar-refractivity contribution in [3.63, 3.8) is 0 Å². The highest BCUT2D eigenvalue weighted by Gasteiger charge is 2.08. The van der Waals surface area contributed by atoms with Crippen molar-refractivity contribution < 1.29 is 4.74 Å². The predicted molar refractivity (Wildman–Crippen MR) is 110 cm³/mol. The lowest BCUT2D eigenvalue weighted by Crippen LogP contribution is -2.07. The normalized spacial score (nSPS) is 12.0. The fourth-order valence-corrected chi connectivity index (χ4v) is 3.21. The second kappa shape index (κ2) is 17.8. The summed E-state index contributed by atoms with van der Waals surface area (Å²) in [5.74, 6) is 0. The fraction of sp³-hybridized carbons (Fsp3) is 1.00. The van der Waals surface area contributed by atoms with Crippen LogP contribution in [0.1, 0.15) is 130 Å². The Bertz CT molecular complexity index is 229. The van der Waals surface area contributed by atoms with Crippen molar-refractivity contribution in [2.24, 2.45) is 5.41 Å². The molecule has 0 rings (SSSR count). The number of ether oxygens (including phenoxy) is 1. The van der Waals surface area contributed by atoms with Gasteiger partial charge in [0.05, 0.1) is 0 Å². The molecule has 1 nitrogen and oxygen atoms in total. The van der Waals surface area contributed by atoms with Gasteiger partial charge in [-0.25, -0.2) is 0 Å². The summed E-state index contributed by atoms with van der Waals surface area (Å²) in [7, 11) is 0. The summed E-state index contributed by atoms with van der Waals surface area (Å²) in [5.41, 5.74) is 0.457. The molecule has 0 heterocycles. The van der Waals surface area contributed by atoms with Crippen LogP contribution in [0.2, 0.25) is 0 Å². The summed E-state index contributed by atoms with van der Waals surface area (Å²) in [4.78, 5) is 0. The van der Waals surface area contributed by atoms with Gasteiger partial charge in [0.1, 0.15) is 0 Å². The van der Waals surface area contributed by atoms with Crippen LogP contribution in [0, 0.1) is 5.41 Å². The van der Waals surface area contributed by atoms with Crippen molar-refractivity contribution in [1.29, 1.82) is 0 Å². The Morgan fingerprint density at radius 2 is 0.875 bits per heavy atom. The van der Waals surface area contributed by atoms with Gasteiger partial charge in [0.2, 0.25) is 0 Å². The molecule has 0 amide bonds. The summed E-state index contributed by atoms with van der Waals surface area (Å²) >= 11 is 0. The van der Waals surface area contributed by atoms with Crippen molar-refractivity contribution in [2.45, 2.75) is 130 Å². The van der Waals surface area contributed by atoms with Crippen LogP contribution in [-0.4, -0.2) is 13.2 Å². The Morgan fingerprint density at radius 3 is 1.29 bits per heavy atom. The molecule has 0 radical (unpaired) electrons. The van der Waals surface area contributed by atoms with E-state index in [-0.39, 0.29) is 0 Å². The molecule has 0 N–H and O–H groups in total. The van der Waals surface area contributed by atoms with E-state index in [2.05, 4.69) is 27.7 Å². The molecule has 0 bridgehead atoms. The quantitative estimate of drug-likeness (QED) is 0.228. The minimum Gasteiger partial charge on any atom is -0.381 e. The van der Waals surface area contributed by atoms with Crippen LogP contribution in [0.5, 0.6) is 0 Å². The Hall–Kier alpha value is -0.0400. The SMILES string of the molecule is CCCCCCCCCCCCCCCCOCCCC(C)(C)C. The zero-order valence-corrected chi connectivity index (χ0v) is 17.6. The highest BCUT2D eigenvalue weighted by Crippen LogP contribution is 2.20. The third kappa shape index (κ3) is 22.0. The molecule has 0 atom stereocenters. The lowest BCUT2D eigenvalue weighted by molar-refractivity contribution is 0.118. The molecule has 24 heavy (non-hydrogen) atoms. The molecular formula is C23H48O. The van der Waals surface area contributed by atoms with E-state index in [1.807, 2.05) is 0 Å². The number of hydrogen-bond acceptors (Lipinski definition) is 1. The first-order chi connectivity index (χ1) is 11.6. The van der Waals surface area contributed by atoms with Crippen LogP contribution in [-0.2, 0) is 4.74 Å². The maximum atomic E-state index is 5.74. The zero-order valence-electron chi connectivity index (χ0n) is 17.6. The lowest BCUT2D eigenvalue weighted by atomic mass is 9.91. The van der Waals surface area contributed by atoms with Crippen molar-refractivity contribution in [3.05, 3.63) is 0 Å². The fourth-order valence-electron chi connectivity index (χ4n) is 3.21. The summed E-state index contributed by atoms with van der Waals surface area (Å²) < 4.78 is 5.74. The summed E-state index contributed by atoms with van der Waals surface area (Å²) in [6, 6.07) is 0. The molecule has 0 fully saturated rings. The van der Waals surface area contributed by atoms with Crippen molar-refractivity contribution in [2.75, 3.05) is 13.2 Å². The Morgan fingerprint density at radius 1 is 0.500 bits per heavy atom. The number of hydrogen-bond donors (Lipinski definition) is 0. The molecule has 0 aliphatic heterocycles. The van der Waals surface area contributed by atoms with Crippen LogP contribution in [0.3, 0.4) is 0 Å². The van der Waals surface area contributed by atoms with Gasteiger partial charge in [0, 0.05) is 13.2 Å². The monoisotopic (exact) mass is 340 g/mol. The Labute approximate surface area is 154 Å². The van der Waals surface area contributed by atoms with Gasteiger partial charge in [-0.2, -0.15) is 0 Å². The van der Waals surface area contributed by atoms with E-state index in [4.69, 9.17) is 4.74 Å². The van der Waals surface area contributed by atoms with Gasteiger partial charge in [-0.3, -0.25) is 0 Å². The predicted octanol–water partition coefficient (Wildman–Crippen LogP) is 8.31. The standard InChI is InChI=1S/C23H48O/c1-5-6-7-8-9-10-11-12-13-14-15-16-17-18-21-24-22-19-20-23(2,3)4/h5-22H2,1-4H3. The van der Waals surface area contributed by atoms with Crippen molar-refractivity contribution >= 4 is 0 Å². The van der Waals surface area contributed by atoms with E-state index in [0.29, 0.717) is 5.41 Å². The molecule has 0 aromatic rings. The summed E-state index contributed by atoms with van der Waals surface area (Å²) in [6.07, 6.45) is 22.4. The highest BCUT2D eigenvalue weighted by atomic mass is 16.5. The first-order valence-corrected chi connectivity index (χ1v) is 11.1. The maximum absolute atomic E-state index is 5.74. The molecule has 0 saturated carbocycles. The van der Waals surface area contributed by atoms with E-state index < -0.39 is 0 Å². The van der Waals surface area contributed by atoms with E-state index >= 15 is 0 Å². The van der Waals surface area contributed by atoms with Crippen LogP contribution in [0.4, 0.5) is 0 Å². The summed E-state index contributed by atoms with van der Waals surface area (Å²) in [6.45, 7) is 11.1. The zero-order chi connectivity index (χ0) is 17.9. The molecule has 0 aromatic heterocycles. The Kier molecular flexibility index (Phi) is 17.7. The largest absolute Gasteiger partial charge is 0.381 e. The molecular weight excluding hydrogens is 292 g/mol. The van der Waals surface area contributed by atoms with Crippen LogP contribution >= 0.6 is 0 Å². The molecule has 0 spiro atoms. The van der Waals surface area contributed by atoms with E-state index in [9.17, 15) is 0 Å². The molecule has 0 saturated heterocycles. The molecule has 146 valence electrons. The topological polar surface area (TPSA) is 9.23 Å². The van der Waals surface area contributed by atoms with E-state index in [1.165, 1.54) is 103 Å². The smallest absolute Gasteiger partial charge is 0.0466 e. The van der Waals surface area contributed by atoms with Crippen molar-refractivity contribution in [3.8, 4) is 0 Å². The maximum Gasteiger partial charge on any atom is 0.0466 e. The minimum atomic E-state index is 0.457. The van der Waals surface area contributed by atoms with Gasteiger partial charge >= 0.3 is 0 Å². The molecule has 1 heteroatoms. The van der Waals surface area contributed by atoms with Gasteiger partial charge in [-0.15, -0.1) is 0 Å². The lowest BCUT2D eigenvalue weighted by Gasteiger charge is -2.17. The number of rotatable bonds is 18. The number of unbranched alkanes of at least 4 members (excludes halogenated alkanes) is 13. The average Bonchev–Trinajstić information content (AvgIpc) is 2.52. The average molecular weight is 341 g/mol. The summed E-state index contributed by atoms with van der Waals surface area (Å²) in [5, 5.41) is 0. The van der Waals surface area contributed by atoms with Crippen LogP contribution in [0.25, 0.3) is 0 Å². The van der Waals surface area contributed by atoms with Gasteiger partial charge in [-0.05, 0) is 24.7 Å². The third-order valence-corrected chi connectivity index (χ3v) is 4.86. The molecule has 0 aromatic carbocycles. The second-order valence-corrected chi connectivity index (χ2v) is 8.87. The first-order valence-electron chi connectivity index (χ1n) is 11.1. The van der Waals surface area contributed by atoms with Gasteiger partial charge in [0.25, 0.3) is 0 Å². The minimum absolute atomic E-state index is 0.457. The third-order valence-electron chi connectivity index (χ3n) is 4.86. The Balaban J connectivity index is 3.00. The molecule has 0 unspecified atom stereocenters. The van der Waals surface area contributed by atoms with Gasteiger partial charge in [-0.1, -0.05) is 111 Å². The second-order valence-electron chi connectivity index (χ2n) is 8.87.